The minimum atomic E-state index is -0.199. The quantitative estimate of drug-likeness (QED) is 0.448. The molecule has 4 nitrogen and oxygen atoms in total. The molecule has 0 aromatic rings. The lowest BCUT2D eigenvalue weighted by molar-refractivity contribution is -0.122. The van der Waals surface area contributed by atoms with Crippen molar-refractivity contribution in [3.05, 3.63) is 0 Å². The highest BCUT2D eigenvalue weighted by atomic mass is 16.1. The highest BCUT2D eigenvalue weighted by Gasteiger charge is 2.17. The molecule has 0 rings (SSSR count). The number of hydrogen-bond donors (Lipinski definition) is 3. The molecule has 0 saturated heterocycles. The first kappa shape index (κ1) is 14.9. The van der Waals surface area contributed by atoms with Crippen LogP contribution in [0, 0.1) is 12.3 Å². The number of rotatable bonds is 6. The average Bonchev–Trinajstić information content (AvgIpc) is 2.13. The summed E-state index contributed by atoms with van der Waals surface area (Å²) in [4.78, 5) is 11.6. The van der Waals surface area contributed by atoms with E-state index in [1.54, 1.807) is 0 Å². The summed E-state index contributed by atoms with van der Waals surface area (Å²) in [7, 11) is 0. The number of nitrogens with two attached hydrogens (primary N) is 1. The number of carbonyl (C=O) groups is 1. The molecule has 16 heavy (non-hydrogen) atoms. The second-order valence-corrected chi connectivity index (χ2v) is 4.84. The van der Waals surface area contributed by atoms with Gasteiger partial charge in [0.05, 0.1) is 0 Å². The van der Waals surface area contributed by atoms with Crippen LogP contribution in [0.4, 0.5) is 0 Å². The van der Waals surface area contributed by atoms with Crippen molar-refractivity contribution in [1.82, 2.24) is 10.6 Å². The van der Waals surface area contributed by atoms with Crippen molar-refractivity contribution in [3.63, 3.8) is 0 Å². The summed E-state index contributed by atoms with van der Waals surface area (Å²) >= 11 is 0. The first-order valence-electron chi connectivity index (χ1n) is 5.57. The van der Waals surface area contributed by atoms with Crippen molar-refractivity contribution in [2.24, 2.45) is 5.73 Å². The SMILES string of the molecule is C#CCCNC(CN)CC(=O)NC(C)(C)C. The molecule has 0 spiro atoms. The van der Waals surface area contributed by atoms with Gasteiger partial charge in [-0.15, -0.1) is 12.3 Å². The first-order chi connectivity index (χ1) is 7.39. The Hall–Kier alpha value is -1.05. The topological polar surface area (TPSA) is 67.1 Å². The molecule has 0 aromatic heterocycles. The molecule has 1 amide bonds. The molecule has 0 fully saturated rings. The van der Waals surface area contributed by atoms with Crippen LogP contribution in [0.1, 0.15) is 33.6 Å². The van der Waals surface area contributed by atoms with E-state index >= 15 is 0 Å². The van der Waals surface area contributed by atoms with Crippen LogP contribution in [-0.2, 0) is 4.79 Å². The third kappa shape index (κ3) is 8.27. The van der Waals surface area contributed by atoms with Gasteiger partial charge < -0.3 is 16.4 Å². The Balaban J connectivity index is 3.93. The van der Waals surface area contributed by atoms with Gasteiger partial charge in [0.15, 0.2) is 0 Å². The van der Waals surface area contributed by atoms with Crippen molar-refractivity contribution in [1.29, 1.82) is 0 Å². The van der Waals surface area contributed by atoms with Gasteiger partial charge in [-0.3, -0.25) is 4.79 Å². The van der Waals surface area contributed by atoms with Gasteiger partial charge in [0.2, 0.25) is 5.91 Å². The summed E-state index contributed by atoms with van der Waals surface area (Å²) in [6.45, 7) is 6.99. The van der Waals surface area contributed by atoms with E-state index in [1.165, 1.54) is 0 Å². The van der Waals surface area contributed by atoms with Crippen LogP contribution in [-0.4, -0.2) is 30.6 Å². The fraction of sp³-hybridized carbons (Fsp3) is 0.750. The van der Waals surface area contributed by atoms with Crippen molar-refractivity contribution in [2.75, 3.05) is 13.1 Å². The van der Waals surface area contributed by atoms with E-state index in [0.29, 0.717) is 25.9 Å². The van der Waals surface area contributed by atoms with Crippen LogP contribution in [0.3, 0.4) is 0 Å². The van der Waals surface area contributed by atoms with E-state index < -0.39 is 0 Å². The van der Waals surface area contributed by atoms with E-state index in [0.717, 1.165) is 0 Å². The third-order valence-electron chi connectivity index (χ3n) is 1.93. The van der Waals surface area contributed by atoms with Crippen molar-refractivity contribution in [2.45, 2.75) is 45.2 Å². The van der Waals surface area contributed by atoms with Crippen LogP contribution in [0.5, 0.6) is 0 Å². The van der Waals surface area contributed by atoms with Crippen LogP contribution in [0.2, 0.25) is 0 Å². The molecule has 1 unspecified atom stereocenters. The summed E-state index contributed by atoms with van der Waals surface area (Å²) in [5.74, 6) is 2.55. The maximum Gasteiger partial charge on any atom is 0.222 e. The van der Waals surface area contributed by atoms with Crippen molar-refractivity contribution < 1.29 is 4.79 Å². The predicted molar refractivity (Wildman–Crippen MR) is 66.8 cm³/mol. The Morgan fingerprint density at radius 2 is 2.12 bits per heavy atom. The molecule has 92 valence electrons. The third-order valence-corrected chi connectivity index (χ3v) is 1.93. The van der Waals surface area contributed by atoms with Crippen LogP contribution in [0.15, 0.2) is 0 Å². The molecule has 0 radical (unpaired) electrons. The molecule has 1 atom stereocenters. The minimum Gasteiger partial charge on any atom is -0.351 e. The molecule has 0 saturated carbocycles. The Kier molecular flexibility index (Phi) is 6.78. The zero-order valence-electron chi connectivity index (χ0n) is 10.5. The second kappa shape index (κ2) is 7.26. The highest BCUT2D eigenvalue weighted by molar-refractivity contribution is 5.77. The Morgan fingerprint density at radius 1 is 1.50 bits per heavy atom. The summed E-state index contributed by atoms with van der Waals surface area (Å²) in [6.07, 6.45) is 6.18. The molecule has 0 aromatic carbocycles. The van der Waals surface area contributed by atoms with Gasteiger partial charge in [-0.2, -0.15) is 0 Å². The highest BCUT2D eigenvalue weighted by Crippen LogP contribution is 2.00. The van der Waals surface area contributed by atoms with Crippen molar-refractivity contribution >= 4 is 5.91 Å². The lowest BCUT2D eigenvalue weighted by Gasteiger charge is -2.23. The Bertz CT molecular complexity index is 250. The molecule has 0 heterocycles. The minimum absolute atomic E-state index is 0.00398. The standard InChI is InChI=1S/C12H23N3O/c1-5-6-7-14-10(9-13)8-11(16)15-12(2,3)4/h1,10,14H,6-9,13H2,2-4H3,(H,15,16). The fourth-order valence-electron chi connectivity index (χ4n) is 1.28. The molecule has 0 aliphatic carbocycles. The summed E-state index contributed by atoms with van der Waals surface area (Å²) < 4.78 is 0. The molecular formula is C12H23N3O. The number of nitrogens with one attached hydrogen (secondary N) is 2. The van der Waals surface area contributed by atoms with Crippen LogP contribution >= 0.6 is 0 Å². The van der Waals surface area contributed by atoms with E-state index in [4.69, 9.17) is 12.2 Å². The Morgan fingerprint density at radius 3 is 2.56 bits per heavy atom. The maximum absolute atomic E-state index is 11.6. The summed E-state index contributed by atoms with van der Waals surface area (Å²) in [6, 6.07) is -0.00398. The number of hydrogen-bond acceptors (Lipinski definition) is 3. The van der Waals surface area contributed by atoms with Gasteiger partial charge in [-0.05, 0) is 20.8 Å². The largest absolute Gasteiger partial charge is 0.351 e. The number of amides is 1. The van der Waals surface area contributed by atoms with E-state index in [-0.39, 0.29) is 17.5 Å². The zero-order valence-corrected chi connectivity index (χ0v) is 10.5. The first-order valence-corrected chi connectivity index (χ1v) is 5.57. The average molecular weight is 225 g/mol. The lowest BCUT2D eigenvalue weighted by atomic mass is 10.1. The van der Waals surface area contributed by atoms with Gasteiger partial charge >= 0.3 is 0 Å². The molecule has 4 N–H and O–H groups in total. The molecule has 0 aliphatic heterocycles. The summed E-state index contributed by atoms with van der Waals surface area (Å²) in [5, 5.41) is 6.06. The summed E-state index contributed by atoms with van der Waals surface area (Å²) in [5.41, 5.74) is 5.37. The van der Waals surface area contributed by atoms with E-state index in [2.05, 4.69) is 16.6 Å². The maximum atomic E-state index is 11.6. The zero-order chi connectivity index (χ0) is 12.6. The van der Waals surface area contributed by atoms with Gasteiger partial charge in [0.1, 0.15) is 0 Å². The van der Waals surface area contributed by atoms with E-state index in [1.807, 2.05) is 20.8 Å². The smallest absolute Gasteiger partial charge is 0.222 e. The Labute approximate surface area is 98.4 Å². The van der Waals surface area contributed by atoms with Gasteiger partial charge in [0, 0.05) is 37.5 Å². The molecule has 0 aliphatic rings. The lowest BCUT2D eigenvalue weighted by Crippen LogP contribution is -2.46. The molecule has 4 heteroatoms. The fourth-order valence-corrected chi connectivity index (χ4v) is 1.28. The monoisotopic (exact) mass is 225 g/mol. The predicted octanol–water partition coefficient (Wildman–Crippen LogP) is 0.231. The van der Waals surface area contributed by atoms with E-state index in [9.17, 15) is 4.79 Å². The normalized spacial score (nSPS) is 12.9. The second-order valence-electron chi connectivity index (χ2n) is 4.84. The van der Waals surface area contributed by atoms with Gasteiger partial charge in [0.25, 0.3) is 0 Å². The van der Waals surface area contributed by atoms with Crippen LogP contribution < -0.4 is 16.4 Å². The number of terminal acetylenes is 1. The molecular weight excluding hydrogens is 202 g/mol. The van der Waals surface area contributed by atoms with Crippen LogP contribution in [0.25, 0.3) is 0 Å². The van der Waals surface area contributed by atoms with Gasteiger partial charge in [-0.25, -0.2) is 0 Å². The van der Waals surface area contributed by atoms with Gasteiger partial charge in [-0.1, -0.05) is 0 Å². The molecule has 0 bridgehead atoms. The van der Waals surface area contributed by atoms with Crippen molar-refractivity contribution in [3.8, 4) is 12.3 Å². The number of carbonyl (C=O) groups excluding carboxylic acids is 1.